The van der Waals surface area contributed by atoms with Crippen LogP contribution in [0.5, 0.6) is 0 Å². The number of allylic oxidation sites excluding steroid dienone is 2. The number of carbonyl (C=O) groups is 2. The monoisotopic (exact) mass is 300 g/mol. The summed E-state index contributed by atoms with van der Waals surface area (Å²) in [5.74, 6) is 2.01. The second-order valence-electron chi connectivity index (χ2n) is 9.35. The van der Waals surface area contributed by atoms with Gasteiger partial charge in [0.05, 0.1) is 0 Å². The summed E-state index contributed by atoms with van der Waals surface area (Å²) < 4.78 is 0. The molecule has 0 radical (unpaired) electrons. The van der Waals surface area contributed by atoms with Gasteiger partial charge < -0.3 is 0 Å². The Bertz CT molecular complexity index is 626. The predicted molar refractivity (Wildman–Crippen MR) is 86.3 cm³/mol. The molecule has 3 fully saturated rings. The fourth-order valence-electron chi connectivity index (χ4n) is 7.49. The Balaban J connectivity index is 1.93. The van der Waals surface area contributed by atoms with Gasteiger partial charge in [-0.15, -0.1) is 0 Å². The molecular formula is C20H28O2. The van der Waals surface area contributed by atoms with Crippen molar-refractivity contribution < 1.29 is 9.59 Å². The average Bonchev–Trinajstić information content (AvgIpc) is 2.49. The van der Waals surface area contributed by atoms with Gasteiger partial charge in [-0.1, -0.05) is 33.3 Å². The Morgan fingerprint density at radius 2 is 1.82 bits per heavy atom. The van der Waals surface area contributed by atoms with E-state index < -0.39 is 0 Å². The van der Waals surface area contributed by atoms with Gasteiger partial charge in [0, 0.05) is 29.7 Å². The van der Waals surface area contributed by atoms with Crippen LogP contribution in [0, 0.1) is 34.0 Å². The summed E-state index contributed by atoms with van der Waals surface area (Å²) in [5.41, 5.74) is 2.80. The normalized spacial score (nSPS) is 49.4. The third kappa shape index (κ3) is 1.31. The van der Waals surface area contributed by atoms with Gasteiger partial charge in [-0.05, 0) is 48.9 Å². The largest absolute Gasteiger partial charge is 0.299 e. The molecule has 0 amide bonds. The lowest BCUT2D eigenvalue weighted by Gasteiger charge is -2.58. The molecule has 0 heterocycles. The highest BCUT2D eigenvalue weighted by Crippen LogP contribution is 2.76. The summed E-state index contributed by atoms with van der Waals surface area (Å²) in [6.07, 6.45) is 4.67. The Morgan fingerprint density at radius 1 is 1.14 bits per heavy atom. The maximum atomic E-state index is 12.7. The molecule has 22 heavy (non-hydrogen) atoms. The summed E-state index contributed by atoms with van der Waals surface area (Å²) in [6.45, 7) is 11.5. The van der Waals surface area contributed by atoms with Crippen molar-refractivity contribution in [3.8, 4) is 0 Å². The van der Waals surface area contributed by atoms with E-state index in [1.54, 1.807) is 0 Å². The Hall–Kier alpha value is -0.920. The van der Waals surface area contributed by atoms with Crippen molar-refractivity contribution in [3.05, 3.63) is 11.1 Å². The summed E-state index contributed by atoms with van der Waals surface area (Å²) in [7, 11) is 0. The molecule has 4 aliphatic rings. The first-order valence-corrected chi connectivity index (χ1v) is 8.92. The second-order valence-corrected chi connectivity index (χ2v) is 9.35. The van der Waals surface area contributed by atoms with Crippen LogP contribution in [0.3, 0.4) is 0 Å². The van der Waals surface area contributed by atoms with Crippen LogP contribution in [0.4, 0.5) is 0 Å². The van der Waals surface area contributed by atoms with Crippen molar-refractivity contribution in [1.82, 2.24) is 0 Å². The lowest BCUT2D eigenvalue weighted by atomic mass is 9.45. The summed E-state index contributed by atoms with van der Waals surface area (Å²) in [4.78, 5) is 25.0. The van der Waals surface area contributed by atoms with Crippen LogP contribution in [-0.2, 0) is 9.59 Å². The molecule has 2 bridgehead atoms. The first kappa shape index (κ1) is 14.7. The smallest absolute Gasteiger partial charge is 0.160 e. The summed E-state index contributed by atoms with van der Waals surface area (Å²) >= 11 is 0. The van der Waals surface area contributed by atoms with Crippen LogP contribution in [0.1, 0.15) is 66.7 Å². The van der Waals surface area contributed by atoms with E-state index in [1.165, 1.54) is 5.57 Å². The maximum Gasteiger partial charge on any atom is 0.160 e. The van der Waals surface area contributed by atoms with E-state index in [0.29, 0.717) is 29.8 Å². The van der Waals surface area contributed by atoms with Crippen molar-refractivity contribution in [3.63, 3.8) is 0 Å². The number of hydrogen-bond acceptors (Lipinski definition) is 2. The van der Waals surface area contributed by atoms with Crippen molar-refractivity contribution in [1.29, 1.82) is 0 Å². The van der Waals surface area contributed by atoms with E-state index in [2.05, 4.69) is 34.6 Å². The topological polar surface area (TPSA) is 34.1 Å². The predicted octanol–water partition coefficient (Wildman–Crippen LogP) is 4.33. The fourth-order valence-corrected chi connectivity index (χ4v) is 7.49. The molecule has 120 valence electrons. The minimum atomic E-state index is 0.0303. The molecule has 5 atom stereocenters. The van der Waals surface area contributed by atoms with Crippen LogP contribution in [0.25, 0.3) is 0 Å². The second kappa shape index (κ2) is 3.94. The average molecular weight is 300 g/mol. The Labute approximate surface area is 133 Å². The van der Waals surface area contributed by atoms with Gasteiger partial charge in [-0.25, -0.2) is 0 Å². The molecule has 4 rings (SSSR count). The quantitative estimate of drug-likeness (QED) is 0.667. The molecular weight excluding hydrogens is 272 g/mol. The lowest BCUT2D eigenvalue weighted by molar-refractivity contribution is -0.145. The zero-order chi connectivity index (χ0) is 16.1. The van der Waals surface area contributed by atoms with Crippen molar-refractivity contribution in [2.24, 2.45) is 34.0 Å². The van der Waals surface area contributed by atoms with Gasteiger partial charge in [0.2, 0.25) is 0 Å². The van der Waals surface area contributed by atoms with Gasteiger partial charge in [-0.3, -0.25) is 9.59 Å². The van der Waals surface area contributed by atoms with Gasteiger partial charge in [-0.2, -0.15) is 0 Å². The third-order valence-electron chi connectivity index (χ3n) is 8.43. The summed E-state index contributed by atoms with van der Waals surface area (Å²) in [5, 5.41) is 0. The number of Topliss-reactive ketones (excluding diaryl/α,β-unsaturated/α-hetero) is 2. The van der Waals surface area contributed by atoms with E-state index in [1.807, 2.05) is 0 Å². The fraction of sp³-hybridized carbons (Fsp3) is 0.800. The van der Waals surface area contributed by atoms with Crippen molar-refractivity contribution in [2.75, 3.05) is 0 Å². The zero-order valence-corrected chi connectivity index (χ0v) is 14.6. The van der Waals surface area contributed by atoms with Crippen LogP contribution in [0.2, 0.25) is 0 Å². The van der Waals surface area contributed by atoms with E-state index in [-0.39, 0.29) is 22.2 Å². The molecule has 0 saturated heterocycles. The third-order valence-corrected chi connectivity index (χ3v) is 8.43. The Morgan fingerprint density at radius 3 is 2.45 bits per heavy atom. The molecule has 0 aromatic heterocycles. The lowest BCUT2D eigenvalue weighted by Crippen LogP contribution is -2.55. The maximum absolute atomic E-state index is 12.7. The van der Waals surface area contributed by atoms with Crippen molar-refractivity contribution >= 4 is 11.6 Å². The van der Waals surface area contributed by atoms with Gasteiger partial charge in [0.25, 0.3) is 0 Å². The molecule has 2 heteroatoms. The van der Waals surface area contributed by atoms with Crippen molar-refractivity contribution in [2.45, 2.75) is 66.7 Å². The molecule has 4 aliphatic carbocycles. The molecule has 0 aromatic carbocycles. The van der Waals surface area contributed by atoms with Gasteiger partial charge >= 0.3 is 0 Å². The highest BCUT2D eigenvalue weighted by molar-refractivity contribution is 6.05. The molecule has 2 unspecified atom stereocenters. The SMILES string of the molecule is CC1=C2C(=O)C[C@]2(C)[C@H]2C[C@@H]3C(=O)CC(C)C2(CC1)C3(C)C. The van der Waals surface area contributed by atoms with Crippen LogP contribution in [0.15, 0.2) is 11.1 Å². The highest BCUT2D eigenvalue weighted by Gasteiger charge is 2.72. The number of hydrogen-bond donors (Lipinski definition) is 0. The number of rotatable bonds is 0. The standard InChI is InChI=1S/C20H28O2/c1-11-6-7-20-12(2)8-14(21)13(18(20,3)4)9-16(20)19(5)10-15(22)17(11)19/h12-13,16H,6-10H2,1-5H3/t12?,13-,16-,19-,20?/m1/s1. The first-order valence-electron chi connectivity index (χ1n) is 8.92. The molecule has 0 aliphatic heterocycles. The minimum Gasteiger partial charge on any atom is -0.299 e. The first-order chi connectivity index (χ1) is 10.2. The Kier molecular flexibility index (Phi) is 2.62. The molecule has 0 aromatic rings. The van der Waals surface area contributed by atoms with Gasteiger partial charge in [0.1, 0.15) is 5.78 Å². The molecule has 1 spiro atoms. The van der Waals surface area contributed by atoms with E-state index in [4.69, 9.17) is 0 Å². The number of carbonyl (C=O) groups excluding carboxylic acids is 2. The molecule has 3 saturated carbocycles. The van der Waals surface area contributed by atoms with Crippen LogP contribution < -0.4 is 0 Å². The van der Waals surface area contributed by atoms with Crippen LogP contribution in [-0.4, -0.2) is 11.6 Å². The highest BCUT2D eigenvalue weighted by atomic mass is 16.1. The van der Waals surface area contributed by atoms with E-state index in [0.717, 1.165) is 31.3 Å². The number of fused-ring (bicyclic) bond motifs is 3. The molecule has 2 nitrogen and oxygen atoms in total. The number of ketones is 2. The van der Waals surface area contributed by atoms with Crippen LogP contribution >= 0.6 is 0 Å². The van der Waals surface area contributed by atoms with E-state index >= 15 is 0 Å². The van der Waals surface area contributed by atoms with E-state index in [9.17, 15) is 9.59 Å². The molecule has 0 N–H and O–H groups in total. The minimum absolute atomic E-state index is 0.0303. The zero-order valence-electron chi connectivity index (χ0n) is 14.6. The summed E-state index contributed by atoms with van der Waals surface area (Å²) in [6, 6.07) is 0. The van der Waals surface area contributed by atoms with Gasteiger partial charge in [0.15, 0.2) is 5.78 Å².